The van der Waals surface area contributed by atoms with E-state index in [9.17, 15) is 18.3 Å². The Kier molecular flexibility index (Phi) is 3.97. The number of carbonyl (C=O) groups is 1. The van der Waals surface area contributed by atoms with Gasteiger partial charge >= 0.3 is 5.97 Å². The summed E-state index contributed by atoms with van der Waals surface area (Å²) in [5.41, 5.74) is -0.246. The Labute approximate surface area is 135 Å². The second-order valence-corrected chi connectivity index (χ2v) is 8.71. The van der Waals surface area contributed by atoms with Crippen molar-refractivity contribution >= 4 is 16.0 Å². The lowest BCUT2D eigenvalue weighted by atomic mass is 9.81. The summed E-state index contributed by atoms with van der Waals surface area (Å²) in [4.78, 5) is 13.9. The first-order chi connectivity index (χ1) is 10.8. The number of sulfonamides is 1. The molecule has 128 valence electrons. The molecule has 3 heterocycles. The van der Waals surface area contributed by atoms with E-state index in [2.05, 4.69) is 5.16 Å². The predicted molar refractivity (Wildman–Crippen MR) is 81.1 cm³/mol. The summed E-state index contributed by atoms with van der Waals surface area (Å²) >= 11 is 0. The average Bonchev–Trinajstić information content (AvgIpc) is 3.12. The minimum Gasteiger partial charge on any atom is -0.481 e. The number of carboxylic acids is 1. The minimum atomic E-state index is -3.36. The zero-order chi connectivity index (χ0) is 16.8. The van der Waals surface area contributed by atoms with Crippen molar-refractivity contribution in [3.8, 4) is 0 Å². The van der Waals surface area contributed by atoms with E-state index in [1.165, 1.54) is 4.31 Å². The van der Waals surface area contributed by atoms with Gasteiger partial charge in [0.2, 0.25) is 10.0 Å². The van der Waals surface area contributed by atoms with Crippen LogP contribution in [0.15, 0.2) is 10.6 Å². The first kappa shape index (κ1) is 16.4. The SMILES string of the molecule is CCS(=O)(=O)N1C[C@@H]2CN(Cc3cc(C)no3)C[C@]2(C(=O)O)C1. The first-order valence-electron chi connectivity index (χ1n) is 7.62. The number of hydrogen-bond acceptors (Lipinski definition) is 6. The molecule has 0 radical (unpaired) electrons. The van der Waals surface area contributed by atoms with Crippen molar-refractivity contribution in [2.24, 2.45) is 11.3 Å². The molecule has 2 atom stereocenters. The summed E-state index contributed by atoms with van der Waals surface area (Å²) < 4.78 is 30.7. The molecule has 9 heteroatoms. The fraction of sp³-hybridized carbons (Fsp3) is 0.714. The standard InChI is InChI=1S/C14H21N3O5S/c1-3-23(20,21)17-6-11-5-16(7-12-4-10(2)15-22-12)8-14(11,9-17)13(18)19/h4,11H,3,5-9H2,1-2H3,(H,18,19)/t11-,14-/m0/s1. The predicted octanol–water partition coefficient (Wildman–Crippen LogP) is 0.151. The van der Waals surface area contributed by atoms with Crippen molar-refractivity contribution in [2.45, 2.75) is 20.4 Å². The molecule has 0 amide bonds. The molecule has 2 aliphatic heterocycles. The smallest absolute Gasteiger partial charge is 0.312 e. The van der Waals surface area contributed by atoms with Crippen molar-refractivity contribution in [2.75, 3.05) is 31.9 Å². The lowest BCUT2D eigenvalue weighted by Gasteiger charge is -2.24. The van der Waals surface area contributed by atoms with Gasteiger partial charge in [-0.2, -0.15) is 0 Å². The fourth-order valence-corrected chi connectivity index (χ4v) is 4.85. The summed E-state index contributed by atoms with van der Waals surface area (Å²) in [6, 6.07) is 1.83. The average molecular weight is 343 g/mol. The van der Waals surface area contributed by atoms with Gasteiger partial charge in [-0.15, -0.1) is 0 Å². The highest BCUT2D eigenvalue weighted by Gasteiger charge is 2.59. The second kappa shape index (κ2) is 5.57. The van der Waals surface area contributed by atoms with Gasteiger partial charge in [-0.1, -0.05) is 5.16 Å². The van der Waals surface area contributed by atoms with E-state index >= 15 is 0 Å². The van der Waals surface area contributed by atoms with Gasteiger partial charge in [0.15, 0.2) is 5.76 Å². The van der Waals surface area contributed by atoms with Crippen LogP contribution >= 0.6 is 0 Å². The molecule has 3 rings (SSSR count). The van der Waals surface area contributed by atoms with Gasteiger partial charge in [0.1, 0.15) is 0 Å². The van der Waals surface area contributed by atoms with Crippen LogP contribution in [0.5, 0.6) is 0 Å². The number of rotatable bonds is 5. The third-order valence-corrected chi connectivity index (χ3v) is 6.68. The highest BCUT2D eigenvalue weighted by atomic mass is 32.2. The van der Waals surface area contributed by atoms with Crippen LogP contribution in [-0.2, 0) is 21.4 Å². The van der Waals surface area contributed by atoms with Crippen molar-refractivity contribution < 1.29 is 22.8 Å². The Morgan fingerprint density at radius 3 is 2.74 bits per heavy atom. The molecular weight excluding hydrogens is 322 g/mol. The molecule has 2 fully saturated rings. The molecule has 0 saturated carbocycles. The van der Waals surface area contributed by atoms with Crippen LogP contribution in [0.1, 0.15) is 18.4 Å². The molecule has 0 aliphatic carbocycles. The van der Waals surface area contributed by atoms with Gasteiger partial charge in [-0.3, -0.25) is 9.69 Å². The molecule has 0 unspecified atom stereocenters. The molecule has 1 N–H and O–H groups in total. The van der Waals surface area contributed by atoms with E-state index in [-0.39, 0.29) is 24.8 Å². The molecule has 8 nitrogen and oxygen atoms in total. The van der Waals surface area contributed by atoms with Crippen LogP contribution in [0.4, 0.5) is 0 Å². The van der Waals surface area contributed by atoms with Gasteiger partial charge in [0, 0.05) is 38.2 Å². The van der Waals surface area contributed by atoms with Gasteiger partial charge in [0.05, 0.1) is 23.4 Å². The monoisotopic (exact) mass is 343 g/mol. The maximum atomic E-state index is 12.1. The van der Waals surface area contributed by atoms with Crippen molar-refractivity contribution in [3.63, 3.8) is 0 Å². The van der Waals surface area contributed by atoms with Crippen LogP contribution < -0.4 is 0 Å². The summed E-state index contributed by atoms with van der Waals surface area (Å²) in [5.74, 6) is -0.435. The van der Waals surface area contributed by atoms with E-state index in [0.717, 1.165) is 5.69 Å². The molecular formula is C14H21N3O5S. The molecule has 1 aromatic heterocycles. The Bertz CT molecular complexity index is 716. The quantitative estimate of drug-likeness (QED) is 0.811. The largest absolute Gasteiger partial charge is 0.481 e. The molecule has 2 saturated heterocycles. The van der Waals surface area contributed by atoms with Crippen LogP contribution in [0.25, 0.3) is 0 Å². The number of likely N-dealkylation sites (tertiary alicyclic amines) is 1. The number of aryl methyl sites for hydroxylation is 1. The Balaban J connectivity index is 1.77. The molecule has 2 aliphatic rings. The summed E-state index contributed by atoms with van der Waals surface area (Å²) in [5, 5.41) is 13.6. The summed E-state index contributed by atoms with van der Waals surface area (Å²) in [6.45, 7) is 5.09. The molecule has 0 aromatic carbocycles. The Morgan fingerprint density at radius 2 is 2.22 bits per heavy atom. The Hall–Kier alpha value is -1.45. The van der Waals surface area contributed by atoms with Gasteiger partial charge in [0.25, 0.3) is 0 Å². The summed E-state index contributed by atoms with van der Waals surface area (Å²) in [7, 11) is -3.36. The number of nitrogens with zero attached hydrogens (tertiary/aromatic N) is 3. The fourth-order valence-electron chi connectivity index (χ4n) is 3.65. The zero-order valence-electron chi connectivity index (χ0n) is 13.2. The molecule has 0 spiro atoms. The third-order valence-electron chi connectivity index (χ3n) is 4.89. The molecule has 1 aromatic rings. The van der Waals surface area contributed by atoms with E-state index in [1.54, 1.807) is 6.92 Å². The summed E-state index contributed by atoms with van der Waals surface area (Å²) in [6.07, 6.45) is 0. The van der Waals surface area contributed by atoms with Gasteiger partial charge in [-0.25, -0.2) is 12.7 Å². The highest BCUT2D eigenvalue weighted by Crippen LogP contribution is 2.44. The zero-order valence-corrected chi connectivity index (χ0v) is 14.0. The number of fused-ring (bicyclic) bond motifs is 1. The van der Waals surface area contributed by atoms with E-state index in [1.807, 2.05) is 17.9 Å². The van der Waals surface area contributed by atoms with E-state index in [0.29, 0.717) is 25.4 Å². The van der Waals surface area contributed by atoms with Gasteiger partial charge in [-0.05, 0) is 13.8 Å². The van der Waals surface area contributed by atoms with Crippen molar-refractivity contribution in [1.29, 1.82) is 0 Å². The van der Waals surface area contributed by atoms with Crippen LogP contribution in [0, 0.1) is 18.3 Å². The maximum Gasteiger partial charge on any atom is 0.312 e. The maximum absolute atomic E-state index is 12.1. The number of aliphatic carboxylic acids is 1. The Morgan fingerprint density at radius 1 is 1.48 bits per heavy atom. The van der Waals surface area contributed by atoms with E-state index < -0.39 is 21.4 Å². The molecule has 0 bridgehead atoms. The number of hydrogen-bond donors (Lipinski definition) is 1. The lowest BCUT2D eigenvalue weighted by molar-refractivity contribution is -0.148. The molecule has 23 heavy (non-hydrogen) atoms. The van der Waals surface area contributed by atoms with Gasteiger partial charge < -0.3 is 9.63 Å². The van der Waals surface area contributed by atoms with Crippen molar-refractivity contribution in [3.05, 3.63) is 17.5 Å². The van der Waals surface area contributed by atoms with Crippen LogP contribution in [0.2, 0.25) is 0 Å². The highest BCUT2D eigenvalue weighted by molar-refractivity contribution is 7.89. The number of aromatic nitrogens is 1. The van der Waals surface area contributed by atoms with Crippen LogP contribution in [-0.4, -0.2) is 65.8 Å². The third kappa shape index (κ3) is 2.77. The van der Waals surface area contributed by atoms with Crippen LogP contribution in [0.3, 0.4) is 0 Å². The topological polar surface area (TPSA) is 104 Å². The first-order valence-corrected chi connectivity index (χ1v) is 9.23. The second-order valence-electron chi connectivity index (χ2n) is 6.46. The van der Waals surface area contributed by atoms with Crippen molar-refractivity contribution in [1.82, 2.24) is 14.4 Å². The number of carboxylic acid groups (broad SMARTS) is 1. The van der Waals surface area contributed by atoms with E-state index in [4.69, 9.17) is 4.52 Å². The lowest BCUT2D eigenvalue weighted by Crippen LogP contribution is -2.42. The minimum absolute atomic E-state index is 0.00350. The normalized spacial score (nSPS) is 29.0.